The number of nitrogens with one attached hydrogen (secondary N) is 2. The Morgan fingerprint density at radius 3 is 1.88 bits per heavy atom. The zero-order valence-electron chi connectivity index (χ0n) is 22.4. The van der Waals surface area contributed by atoms with Crippen molar-refractivity contribution in [1.29, 1.82) is 0 Å². The first-order valence-corrected chi connectivity index (χ1v) is 12.4. The van der Waals surface area contributed by atoms with Gasteiger partial charge in [0.1, 0.15) is 49.2 Å². The Morgan fingerprint density at radius 2 is 1.35 bits per heavy atom. The van der Waals surface area contributed by atoms with Gasteiger partial charge in [-0.05, 0) is 0 Å². The summed E-state index contributed by atoms with van der Waals surface area (Å²) in [7, 11) is -4.28. The van der Waals surface area contributed by atoms with Crippen LogP contribution in [-0.2, 0) is 43.0 Å². The number of aliphatic hydroxyl groups is 6. The maximum Gasteiger partial charge on any atom is 1.00 e. The Bertz CT molecular complexity index is 850. The van der Waals surface area contributed by atoms with Crippen LogP contribution in [0.1, 0.15) is 0 Å². The summed E-state index contributed by atoms with van der Waals surface area (Å²) in [6, 6.07) is -3.05. The van der Waals surface area contributed by atoms with Crippen molar-refractivity contribution in [3.63, 3.8) is 0 Å². The fourth-order valence-corrected chi connectivity index (χ4v) is 4.67. The zero-order chi connectivity index (χ0) is 27.7. The molecule has 0 radical (unpaired) electrons. The van der Waals surface area contributed by atoms with E-state index in [1.54, 1.807) is 0 Å². The predicted molar refractivity (Wildman–Crippen MR) is 113 cm³/mol. The van der Waals surface area contributed by atoms with Crippen molar-refractivity contribution in [2.24, 2.45) is 0 Å². The van der Waals surface area contributed by atoms with Gasteiger partial charge in [0.05, 0.1) is 32.0 Å². The van der Waals surface area contributed by atoms with Gasteiger partial charge in [0.2, 0.25) is 10.4 Å². The van der Waals surface area contributed by atoms with Crippen LogP contribution in [0.25, 0.3) is 11.5 Å². The predicted octanol–water partition coefficient (Wildman–Crippen LogP) is -13.7. The Balaban J connectivity index is 0.00000507. The summed E-state index contributed by atoms with van der Waals surface area (Å²) in [6.45, 7) is -2.06. The van der Waals surface area contributed by atoms with Gasteiger partial charge in [-0.25, -0.2) is 8.42 Å². The fraction of sp³-hybridized carbons (Fsp3) is 1.00. The van der Waals surface area contributed by atoms with E-state index in [1.165, 1.54) is 7.11 Å². The third-order valence-electron chi connectivity index (χ3n) is 6.21. The molecule has 0 aromatic rings. The zero-order valence-corrected chi connectivity index (χ0v) is 29.2. The van der Waals surface area contributed by atoms with Gasteiger partial charge in [-0.3, -0.25) is 4.18 Å². The normalized spacial score (nSPS) is 44.0. The quantitative estimate of drug-likeness (QED) is 0.0781. The summed E-state index contributed by atoms with van der Waals surface area (Å²) in [5, 5.41) is 60.1. The molecule has 0 bridgehead atoms. The van der Waals surface area contributed by atoms with Gasteiger partial charge >= 0.3 is 88.7 Å². The van der Waals surface area contributed by atoms with Crippen molar-refractivity contribution in [2.45, 2.75) is 85.9 Å². The van der Waals surface area contributed by atoms with Crippen molar-refractivity contribution in [3.8, 4) is 0 Å². The monoisotopic (exact) mass is 632 g/mol. The van der Waals surface area contributed by atoms with Crippen molar-refractivity contribution in [2.75, 3.05) is 26.9 Å². The third kappa shape index (κ3) is 10.2. The van der Waals surface area contributed by atoms with Gasteiger partial charge < -0.3 is 75.1 Å². The summed E-state index contributed by atoms with van der Waals surface area (Å²) in [4.78, 5) is 0. The molecule has 40 heavy (non-hydrogen) atoms. The molecule has 3 aliphatic rings. The van der Waals surface area contributed by atoms with Gasteiger partial charge in [0.25, 0.3) is 0 Å². The van der Waals surface area contributed by atoms with Crippen LogP contribution in [0.5, 0.6) is 0 Å². The SMILES string of the molecule is CO[C@H]1OC(CO)[C@@H](O[C@@H]2OC[C@@H](O[C@H]3OC(CO)[C@@H](O)[C@H](O)C3[NH-])[C@H](O)C2OS(=O)(=O)[O-])[C@H](O)C1[NH-].[Na+].[Na+].[Na+]. The van der Waals surface area contributed by atoms with E-state index in [0.29, 0.717) is 0 Å². The first-order chi connectivity index (χ1) is 17.3. The molecule has 0 aliphatic carbocycles. The van der Waals surface area contributed by atoms with Gasteiger partial charge in [0.15, 0.2) is 12.4 Å². The smallest absolute Gasteiger partial charge is 0.726 e. The van der Waals surface area contributed by atoms with Crippen LogP contribution < -0.4 is 88.7 Å². The number of rotatable bonds is 9. The molecular weight excluding hydrogens is 601 g/mol. The van der Waals surface area contributed by atoms with Gasteiger partial charge in [-0.1, -0.05) is 12.1 Å². The maximum absolute atomic E-state index is 11.4. The molecule has 0 amide bonds. The first-order valence-electron chi connectivity index (χ1n) is 11.1. The van der Waals surface area contributed by atoms with E-state index >= 15 is 0 Å². The van der Waals surface area contributed by atoms with Crippen molar-refractivity contribution >= 4 is 10.4 Å². The van der Waals surface area contributed by atoms with Crippen LogP contribution in [0.2, 0.25) is 0 Å². The molecule has 5 unspecified atom stereocenters. The minimum atomic E-state index is -5.48. The average molecular weight is 632 g/mol. The topological polar surface area (TPSA) is 291 Å². The molecule has 3 fully saturated rings. The van der Waals surface area contributed by atoms with Gasteiger partial charge in [0, 0.05) is 7.11 Å². The Kier molecular flexibility index (Phi) is 19.5. The molecule has 0 aromatic heterocycles. The van der Waals surface area contributed by atoms with Gasteiger partial charge in [-0.2, -0.15) is 0 Å². The Labute approximate surface area is 296 Å². The number of hydrogen-bond donors (Lipinski definition) is 6. The fourth-order valence-electron chi connectivity index (χ4n) is 4.19. The molecule has 218 valence electrons. The van der Waals surface area contributed by atoms with Crippen LogP contribution in [0.3, 0.4) is 0 Å². The van der Waals surface area contributed by atoms with E-state index < -0.39 is 116 Å². The number of ether oxygens (including phenoxy) is 6. The second-order valence-corrected chi connectivity index (χ2v) is 9.66. The van der Waals surface area contributed by atoms with E-state index in [4.69, 9.17) is 39.9 Å². The number of hydrogen-bond acceptors (Lipinski definition) is 16. The summed E-state index contributed by atoms with van der Waals surface area (Å²) >= 11 is 0. The molecule has 3 heterocycles. The van der Waals surface area contributed by atoms with E-state index in [1.807, 2.05) is 0 Å². The van der Waals surface area contributed by atoms with E-state index in [-0.39, 0.29) is 88.7 Å². The van der Waals surface area contributed by atoms with E-state index in [2.05, 4.69) is 4.18 Å². The van der Waals surface area contributed by atoms with Crippen molar-refractivity contribution < 1.29 is 165 Å². The van der Waals surface area contributed by atoms with Crippen LogP contribution >= 0.6 is 0 Å². The number of aliphatic hydroxyl groups excluding tert-OH is 6. The second-order valence-electron chi connectivity index (χ2n) is 8.65. The summed E-state index contributed by atoms with van der Waals surface area (Å²) < 4.78 is 70.4. The molecule has 18 nitrogen and oxygen atoms in total. The third-order valence-corrected chi connectivity index (χ3v) is 6.66. The first kappa shape index (κ1) is 42.3. The molecule has 0 spiro atoms. The van der Waals surface area contributed by atoms with Gasteiger partial charge in [-0.15, -0.1) is 0 Å². The van der Waals surface area contributed by atoms with Crippen LogP contribution in [-0.4, -0.2) is 156 Å². The summed E-state index contributed by atoms with van der Waals surface area (Å²) in [5.41, 5.74) is 16.0. The Hall–Kier alpha value is 2.31. The average Bonchev–Trinajstić information content (AvgIpc) is 2.85. The molecule has 8 N–H and O–H groups in total. The maximum atomic E-state index is 11.4. The molecular formula is C18H31N2Na3O16S. The van der Waals surface area contributed by atoms with E-state index in [9.17, 15) is 43.6 Å². The Morgan fingerprint density at radius 1 is 0.800 bits per heavy atom. The van der Waals surface area contributed by atoms with Crippen LogP contribution in [0, 0.1) is 0 Å². The molecule has 0 saturated carbocycles. The molecule has 3 aliphatic heterocycles. The minimum Gasteiger partial charge on any atom is -0.726 e. The number of methoxy groups -OCH3 is 1. The standard InChI is InChI=1S/C18H32N2O16S.3Na/c1-30-16-9(20)13(26)14(6(3-22)33-16)35-18-15(36-37(27,28)29)11(24)7(4-31-18)34-17-8(19)12(25)10(23)5(2-21)32-17;;;/h5-26H,2-4H2,1H3,(H,27,28,29);;;/q-2;3*+1/p-1/t5?,6?,7-,8?,9?,10-,11+,12-,13-,14-,15?,16+,17-,18+;;;/m1.../s1. The van der Waals surface area contributed by atoms with Crippen molar-refractivity contribution in [1.82, 2.24) is 0 Å². The summed E-state index contributed by atoms with van der Waals surface area (Å²) in [5.74, 6) is 0. The molecule has 14 atom stereocenters. The van der Waals surface area contributed by atoms with Crippen LogP contribution in [0.4, 0.5) is 0 Å². The molecule has 3 saturated heterocycles. The van der Waals surface area contributed by atoms with Crippen LogP contribution in [0.15, 0.2) is 0 Å². The minimum absolute atomic E-state index is 0. The summed E-state index contributed by atoms with van der Waals surface area (Å²) in [6.07, 6.45) is -19.5. The second kappa shape index (κ2) is 18.5. The largest absolute Gasteiger partial charge is 1.00 e. The van der Waals surface area contributed by atoms with E-state index in [0.717, 1.165) is 0 Å². The molecule has 3 rings (SSSR count). The van der Waals surface area contributed by atoms with Crippen molar-refractivity contribution in [3.05, 3.63) is 11.5 Å². The molecule has 0 aromatic carbocycles. The molecule has 22 heteroatoms.